The molecule has 1 N–H and O–H groups in total. The molecule has 0 aliphatic carbocycles. The van der Waals surface area contributed by atoms with E-state index < -0.39 is 18.7 Å². The highest BCUT2D eigenvalue weighted by Crippen LogP contribution is 2.05. The van der Waals surface area contributed by atoms with E-state index in [1.54, 1.807) is 31.2 Å². The highest BCUT2D eigenvalue weighted by atomic mass is 16.7. The van der Waals surface area contributed by atoms with Crippen LogP contribution in [-0.2, 0) is 32.2 Å². The fourth-order valence-electron chi connectivity index (χ4n) is 1.22. The highest BCUT2D eigenvalue weighted by molar-refractivity contribution is 5.73. The maximum Gasteiger partial charge on any atom is 0.508 e. The lowest BCUT2D eigenvalue weighted by molar-refractivity contribution is -0.149. The lowest BCUT2D eigenvalue weighted by atomic mass is 10.1. The number of carbonyl (C=O) groups excluding carboxylic acids is 2. The van der Waals surface area contributed by atoms with Crippen molar-refractivity contribution in [2.45, 2.75) is 20.1 Å². The van der Waals surface area contributed by atoms with Gasteiger partial charge in [0.25, 0.3) is 0 Å². The molecule has 0 aromatic heterocycles. The molecule has 19 heavy (non-hydrogen) atoms. The Balaban J connectivity index is 2.27. The van der Waals surface area contributed by atoms with Gasteiger partial charge in [-0.25, -0.2) is 9.59 Å². The number of esters is 1. The van der Waals surface area contributed by atoms with Crippen molar-refractivity contribution in [1.29, 1.82) is 0 Å². The van der Waals surface area contributed by atoms with Crippen LogP contribution in [0.3, 0.4) is 0 Å². The molecule has 0 amide bonds. The Bertz CT molecular complexity index is 412. The van der Waals surface area contributed by atoms with E-state index in [0.29, 0.717) is 0 Å². The number of hydrogen-bond acceptors (Lipinski definition) is 6. The molecular weight excluding hydrogens is 252 g/mol. The van der Waals surface area contributed by atoms with Gasteiger partial charge in [-0.1, -0.05) is 24.3 Å². The second kappa shape index (κ2) is 8.10. The zero-order valence-electron chi connectivity index (χ0n) is 10.6. The molecular formula is C13H16O6. The minimum Gasteiger partial charge on any atom is -0.458 e. The molecule has 0 atom stereocenters. The molecule has 6 heteroatoms. The standard InChI is InChI=1S/C13H16O6/c1-2-17-13(16)19-9-12(15)18-8-11-5-3-10(7-14)4-6-11/h3-6,14H,2,7-9H2,1H3. The Labute approximate surface area is 110 Å². The van der Waals surface area contributed by atoms with Crippen LogP contribution in [0, 0.1) is 0 Å². The zero-order chi connectivity index (χ0) is 14.1. The Morgan fingerprint density at radius 3 is 2.26 bits per heavy atom. The van der Waals surface area contributed by atoms with Crippen molar-refractivity contribution < 1.29 is 28.9 Å². The molecule has 0 saturated carbocycles. The van der Waals surface area contributed by atoms with E-state index in [1.165, 1.54) is 0 Å². The quantitative estimate of drug-likeness (QED) is 0.785. The Kier molecular flexibility index (Phi) is 6.38. The van der Waals surface area contributed by atoms with E-state index in [1.807, 2.05) is 0 Å². The number of hydrogen-bond donors (Lipinski definition) is 1. The molecule has 0 bridgehead atoms. The summed E-state index contributed by atoms with van der Waals surface area (Å²) >= 11 is 0. The maximum absolute atomic E-state index is 11.3. The molecule has 0 aliphatic rings. The van der Waals surface area contributed by atoms with Crippen molar-refractivity contribution >= 4 is 12.1 Å². The number of ether oxygens (including phenoxy) is 3. The number of aliphatic hydroxyl groups excluding tert-OH is 1. The van der Waals surface area contributed by atoms with E-state index in [2.05, 4.69) is 9.47 Å². The number of carbonyl (C=O) groups is 2. The normalized spacial score (nSPS) is 9.79. The molecule has 0 fully saturated rings. The van der Waals surface area contributed by atoms with Gasteiger partial charge in [-0.15, -0.1) is 0 Å². The number of benzene rings is 1. The first kappa shape index (κ1) is 15.0. The summed E-state index contributed by atoms with van der Waals surface area (Å²) in [5.41, 5.74) is 1.56. The summed E-state index contributed by atoms with van der Waals surface area (Å²) in [7, 11) is 0. The van der Waals surface area contributed by atoms with Gasteiger partial charge in [-0.05, 0) is 18.1 Å². The number of rotatable bonds is 6. The lowest BCUT2D eigenvalue weighted by Gasteiger charge is -2.06. The Hall–Kier alpha value is -2.08. The van der Waals surface area contributed by atoms with Crippen LogP contribution in [0.15, 0.2) is 24.3 Å². The van der Waals surface area contributed by atoms with Gasteiger partial charge in [0.05, 0.1) is 13.2 Å². The second-order valence-electron chi connectivity index (χ2n) is 3.61. The molecule has 1 aromatic rings. The maximum atomic E-state index is 11.3. The molecule has 0 radical (unpaired) electrons. The van der Waals surface area contributed by atoms with Crippen LogP contribution >= 0.6 is 0 Å². The Morgan fingerprint density at radius 1 is 1.05 bits per heavy atom. The summed E-state index contributed by atoms with van der Waals surface area (Å²) in [5, 5.41) is 8.87. The van der Waals surface area contributed by atoms with Gasteiger partial charge < -0.3 is 19.3 Å². The first-order chi connectivity index (χ1) is 9.15. The molecule has 104 valence electrons. The summed E-state index contributed by atoms with van der Waals surface area (Å²) < 4.78 is 13.9. The summed E-state index contributed by atoms with van der Waals surface area (Å²) in [6.45, 7) is 1.39. The summed E-state index contributed by atoms with van der Waals surface area (Å²) in [4.78, 5) is 22.1. The molecule has 0 heterocycles. The van der Waals surface area contributed by atoms with Crippen molar-refractivity contribution in [2.75, 3.05) is 13.2 Å². The van der Waals surface area contributed by atoms with Crippen LogP contribution < -0.4 is 0 Å². The first-order valence-electron chi connectivity index (χ1n) is 5.79. The molecule has 0 saturated heterocycles. The molecule has 0 aliphatic heterocycles. The zero-order valence-corrected chi connectivity index (χ0v) is 10.6. The summed E-state index contributed by atoms with van der Waals surface area (Å²) in [6, 6.07) is 6.95. The van der Waals surface area contributed by atoms with Crippen molar-refractivity contribution in [3.63, 3.8) is 0 Å². The van der Waals surface area contributed by atoms with Crippen LogP contribution in [0.2, 0.25) is 0 Å². The average Bonchev–Trinajstić information content (AvgIpc) is 2.44. The topological polar surface area (TPSA) is 82.1 Å². The van der Waals surface area contributed by atoms with Crippen molar-refractivity contribution in [1.82, 2.24) is 0 Å². The van der Waals surface area contributed by atoms with Crippen molar-refractivity contribution in [2.24, 2.45) is 0 Å². The Morgan fingerprint density at radius 2 is 1.68 bits per heavy atom. The van der Waals surface area contributed by atoms with Crippen molar-refractivity contribution in [3.05, 3.63) is 35.4 Å². The van der Waals surface area contributed by atoms with Gasteiger partial charge in [0.1, 0.15) is 6.61 Å². The van der Waals surface area contributed by atoms with Crippen LogP contribution in [0.4, 0.5) is 4.79 Å². The molecule has 0 unspecified atom stereocenters. The van der Waals surface area contributed by atoms with E-state index in [4.69, 9.17) is 9.84 Å². The van der Waals surface area contributed by atoms with E-state index in [9.17, 15) is 9.59 Å². The molecule has 1 rings (SSSR count). The van der Waals surface area contributed by atoms with Crippen molar-refractivity contribution in [3.8, 4) is 0 Å². The lowest BCUT2D eigenvalue weighted by Crippen LogP contribution is -2.17. The fraction of sp³-hybridized carbons (Fsp3) is 0.385. The summed E-state index contributed by atoms with van der Waals surface area (Å²) in [5.74, 6) is -0.653. The minimum atomic E-state index is -0.897. The van der Waals surface area contributed by atoms with Crippen LogP contribution in [0.25, 0.3) is 0 Å². The second-order valence-corrected chi connectivity index (χ2v) is 3.61. The third kappa shape index (κ3) is 5.87. The first-order valence-corrected chi connectivity index (χ1v) is 5.79. The van der Waals surface area contributed by atoms with Gasteiger partial charge in [-0.2, -0.15) is 0 Å². The molecule has 6 nitrogen and oxygen atoms in total. The summed E-state index contributed by atoms with van der Waals surface area (Å²) in [6.07, 6.45) is -0.897. The fourth-order valence-corrected chi connectivity index (χ4v) is 1.22. The smallest absolute Gasteiger partial charge is 0.458 e. The van der Waals surface area contributed by atoms with Gasteiger partial charge in [-0.3, -0.25) is 0 Å². The largest absolute Gasteiger partial charge is 0.508 e. The predicted molar refractivity (Wildman–Crippen MR) is 65.1 cm³/mol. The molecule has 0 spiro atoms. The van der Waals surface area contributed by atoms with Crippen LogP contribution in [-0.4, -0.2) is 30.4 Å². The van der Waals surface area contributed by atoms with Gasteiger partial charge in [0.15, 0.2) is 6.61 Å². The average molecular weight is 268 g/mol. The minimum absolute atomic E-state index is 0.0343. The van der Waals surface area contributed by atoms with Gasteiger partial charge in [0.2, 0.25) is 0 Å². The van der Waals surface area contributed by atoms with Gasteiger partial charge >= 0.3 is 12.1 Å². The molecule has 1 aromatic carbocycles. The van der Waals surface area contributed by atoms with Gasteiger partial charge in [0, 0.05) is 0 Å². The monoisotopic (exact) mass is 268 g/mol. The number of aliphatic hydroxyl groups is 1. The van der Waals surface area contributed by atoms with Crippen LogP contribution in [0.1, 0.15) is 18.1 Å². The predicted octanol–water partition coefficient (Wildman–Crippen LogP) is 1.40. The van der Waals surface area contributed by atoms with E-state index in [-0.39, 0.29) is 19.8 Å². The van der Waals surface area contributed by atoms with Crippen LogP contribution in [0.5, 0.6) is 0 Å². The third-order valence-corrected chi connectivity index (χ3v) is 2.18. The van der Waals surface area contributed by atoms with E-state index >= 15 is 0 Å². The SMILES string of the molecule is CCOC(=O)OCC(=O)OCc1ccc(CO)cc1. The highest BCUT2D eigenvalue weighted by Gasteiger charge is 2.09. The van der Waals surface area contributed by atoms with E-state index in [0.717, 1.165) is 11.1 Å². The third-order valence-electron chi connectivity index (χ3n) is 2.18.